The van der Waals surface area contributed by atoms with Gasteiger partial charge in [-0.25, -0.2) is 4.79 Å². The standard InChI is InChI=1S/C23H23NO4/c1-14-10-19(27-13-21(25)24-17-8-9-17)22-15(2)18(23(26)28-20(22)11-14)12-16-6-4-3-5-7-16/h3-7,10-11,17H,8-9,12-13H2,1-2H3,(H,24,25). The van der Waals surface area contributed by atoms with Crippen LogP contribution in [0.4, 0.5) is 0 Å². The summed E-state index contributed by atoms with van der Waals surface area (Å²) in [4.78, 5) is 24.6. The third-order valence-electron chi connectivity index (χ3n) is 5.01. The molecule has 1 aromatic heterocycles. The maximum absolute atomic E-state index is 12.6. The maximum Gasteiger partial charge on any atom is 0.340 e. The third kappa shape index (κ3) is 3.93. The average molecular weight is 377 g/mol. The van der Waals surface area contributed by atoms with Crippen LogP contribution < -0.4 is 15.7 Å². The molecule has 1 fully saturated rings. The molecular formula is C23H23NO4. The van der Waals surface area contributed by atoms with E-state index in [1.165, 1.54) is 0 Å². The Hall–Kier alpha value is -3.08. The second-order valence-corrected chi connectivity index (χ2v) is 7.42. The lowest BCUT2D eigenvalue weighted by molar-refractivity contribution is -0.123. The van der Waals surface area contributed by atoms with Gasteiger partial charge >= 0.3 is 5.63 Å². The molecule has 1 aliphatic rings. The molecule has 1 amide bonds. The normalized spacial score (nSPS) is 13.5. The van der Waals surface area contributed by atoms with Gasteiger partial charge in [-0.1, -0.05) is 30.3 Å². The zero-order valence-corrected chi connectivity index (χ0v) is 16.1. The molecule has 5 nitrogen and oxygen atoms in total. The summed E-state index contributed by atoms with van der Waals surface area (Å²) in [5, 5.41) is 3.66. The number of nitrogens with one attached hydrogen (secondary N) is 1. The smallest absolute Gasteiger partial charge is 0.340 e. The van der Waals surface area contributed by atoms with E-state index in [-0.39, 0.29) is 18.1 Å². The Morgan fingerprint density at radius 1 is 1.18 bits per heavy atom. The molecule has 0 spiro atoms. The van der Waals surface area contributed by atoms with Crippen LogP contribution in [0.25, 0.3) is 11.0 Å². The summed E-state index contributed by atoms with van der Waals surface area (Å²) >= 11 is 0. The zero-order chi connectivity index (χ0) is 19.7. The van der Waals surface area contributed by atoms with Crippen molar-refractivity contribution in [3.63, 3.8) is 0 Å². The molecule has 5 heteroatoms. The molecule has 2 aromatic carbocycles. The number of amides is 1. The number of benzene rings is 2. The predicted octanol–water partition coefficient (Wildman–Crippen LogP) is 3.66. The number of fused-ring (bicyclic) bond motifs is 1. The molecule has 1 aliphatic carbocycles. The van der Waals surface area contributed by atoms with Crippen molar-refractivity contribution in [3.8, 4) is 5.75 Å². The van der Waals surface area contributed by atoms with Crippen LogP contribution in [0.3, 0.4) is 0 Å². The van der Waals surface area contributed by atoms with E-state index in [4.69, 9.17) is 9.15 Å². The number of aryl methyl sites for hydroxylation is 2. The zero-order valence-electron chi connectivity index (χ0n) is 16.1. The van der Waals surface area contributed by atoms with E-state index >= 15 is 0 Å². The van der Waals surface area contributed by atoms with E-state index < -0.39 is 0 Å². The molecule has 144 valence electrons. The SMILES string of the molecule is Cc1cc(OCC(=O)NC2CC2)c2c(C)c(Cc3ccccc3)c(=O)oc2c1. The molecule has 0 saturated heterocycles. The number of carbonyl (C=O) groups excluding carboxylic acids is 1. The van der Waals surface area contributed by atoms with Crippen molar-refractivity contribution < 1.29 is 13.9 Å². The lowest BCUT2D eigenvalue weighted by atomic mass is 9.98. The second kappa shape index (κ2) is 7.50. The first-order chi connectivity index (χ1) is 13.5. The highest BCUT2D eigenvalue weighted by atomic mass is 16.5. The van der Waals surface area contributed by atoms with Gasteiger partial charge in [0.15, 0.2) is 6.61 Å². The highest BCUT2D eigenvalue weighted by Gasteiger charge is 2.23. The molecule has 0 bridgehead atoms. The van der Waals surface area contributed by atoms with Crippen LogP contribution in [-0.4, -0.2) is 18.6 Å². The number of ether oxygens (including phenoxy) is 1. The summed E-state index contributed by atoms with van der Waals surface area (Å²) in [7, 11) is 0. The van der Waals surface area contributed by atoms with E-state index in [1.54, 1.807) is 0 Å². The number of carbonyl (C=O) groups is 1. The topological polar surface area (TPSA) is 68.5 Å². The summed E-state index contributed by atoms with van der Waals surface area (Å²) < 4.78 is 11.5. The molecule has 1 heterocycles. The Balaban J connectivity index is 1.71. The van der Waals surface area contributed by atoms with Gasteiger partial charge in [-0.15, -0.1) is 0 Å². The Morgan fingerprint density at radius 3 is 2.64 bits per heavy atom. The second-order valence-electron chi connectivity index (χ2n) is 7.42. The fourth-order valence-corrected chi connectivity index (χ4v) is 3.40. The quantitative estimate of drug-likeness (QED) is 0.666. The lowest BCUT2D eigenvalue weighted by Crippen LogP contribution is -2.30. The van der Waals surface area contributed by atoms with Gasteiger partial charge < -0.3 is 14.5 Å². The molecule has 1 saturated carbocycles. The fourth-order valence-electron chi connectivity index (χ4n) is 3.40. The predicted molar refractivity (Wildman–Crippen MR) is 108 cm³/mol. The minimum absolute atomic E-state index is 0.0539. The van der Waals surface area contributed by atoms with E-state index in [1.807, 2.05) is 56.3 Å². The molecule has 3 aromatic rings. The number of rotatable bonds is 6. The summed E-state index contributed by atoms with van der Waals surface area (Å²) in [5.41, 5.74) is 3.52. The first-order valence-corrected chi connectivity index (χ1v) is 9.54. The molecule has 0 aliphatic heterocycles. The fraction of sp³-hybridized carbons (Fsp3) is 0.304. The van der Waals surface area contributed by atoms with Gasteiger partial charge in [0.1, 0.15) is 11.3 Å². The van der Waals surface area contributed by atoms with Gasteiger partial charge in [0.05, 0.1) is 5.39 Å². The van der Waals surface area contributed by atoms with Crippen LogP contribution in [-0.2, 0) is 11.2 Å². The molecule has 0 atom stereocenters. The lowest BCUT2D eigenvalue weighted by Gasteiger charge is -2.14. The Bertz CT molecular complexity index is 1080. The van der Waals surface area contributed by atoms with Gasteiger partial charge in [0, 0.05) is 18.0 Å². The van der Waals surface area contributed by atoms with Crippen LogP contribution in [0, 0.1) is 13.8 Å². The van der Waals surface area contributed by atoms with Crippen LogP contribution in [0.2, 0.25) is 0 Å². The van der Waals surface area contributed by atoms with E-state index in [0.717, 1.165) is 34.9 Å². The summed E-state index contributed by atoms with van der Waals surface area (Å²) in [5.74, 6) is 0.438. The molecule has 0 radical (unpaired) electrons. The van der Waals surface area contributed by atoms with Crippen LogP contribution in [0.5, 0.6) is 5.75 Å². The summed E-state index contributed by atoms with van der Waals surface area (Å²) in [6.45, 7) is 3.76. The van der Waals surface area contributed by atoms with Crippen molar-refractivity contribution in [1.82, 2.24) is 5.32 Å². The van der Waals surface area contributed by atoms with Gasteiger partial charge in [0.25, 0.3) is 5.91 Å². The van der Waals surface area contributed by atoms with E-state index in [9.17, 15) is 9.59 Å². The van der Waals surface area contributed by atoms with Crippen molar-refractivity contribution in [2.24, 2.45) is 0 Å². The Morgan fingerprint density at radius 2 is 1.93 bits per heavy atom. The molecule has 4 rings (SSSR count). The van der Waals surface area contributed by atoms with Gasteiger partial charge in [-0.2, -0.15) is 0 Å². The Kier molecular flexibility index (Phi) is 4.90. The minimum Gasteiger partial charge on any atom is -0.483 e. The summed E-state index contributed by atoms with van der Waals surface area (Å²) in [6, 6.07) is 13.8. The van der Waals surface area contributed by atoms with Gasteiger partial charge in [-0.05, 0) is 55.5 Å². The maximum atomic E-state index is 12.6. The van der Waals surface area contributed by atoms with Crippen molar-refractivity contribution >= 4 is 16.9 Å². The monoisotopic (exact) mass is 377 g/mol. The third-order valence-corrected chi connectivity index (χ3v) is 5.01. The highest BCUT2D eigenvalue weighted by molar-refractivity contribution is 5.89. The number of hydrogen-bond acceptors (Lipinski definition) is 4. The van der Waals surface area contributed by atoms with Crippen LogP contribution in [0.1, 0.15) is 35.1 Å². The molecule has 0 unspecified atom stereocenters. The van der Waals surface area contributed by atoms with E-state index in [0.29, 0.717) is 29.4 Å². The average Bonchev–Trinajstić information content (AvgIpc) is 3.47. The molecule has 1 N–H and O–H groups in total. The Labute approximate surface area is 163 Å². The molecular weight excluding hydrogens is 354 g/mol. The van der Waals surface area contributed by atoms with Crippen molar-refractivity contribution in [1.29, 1.82) is 0 Å². The highest BCUT2D eigenvalue weighted by Crippen LogP contribution is 2.31. The largest absolute Gasteiger partial charge is 0.483 e. The van der Waals surface area contributed by atoms with Crippen molar-refractivity contribution in [2.75, 3.05) is 6.61 Å². The summed E-state index contributed by atoms with van der Waals surface area (Å²) in [6.07, 6.45) is 2.55. The van der Waals surface area contributed by atoms with E-state index in [2.05, 4.69) is 5.32 Å². The van der Waals surface area contributed by atoms with Gasteiger partial charge in [-0.3, -0.25) is 4.79 Å². The molecule has 28 heavy (non-hydrogen) atoms. The van der Waals surface area contributed by atoms with Crippen LogP contribution >= 0.6 is 0 Å². The number of hydrogen-bond donors (Lipinski definition) is 1. The minimum atomic E-state index is -0.336. The van der Waals surface area contributed by atoms with Crippen molar-refractivity contribution in [2.45, 2.75) is 39.2 Å². The van der Waals surface area contributed by atoms with Crippen molar-refractivity contribution in [3.05, 3.63) is 75.1 Å². The van der Waals surface area contributed by atoms with Crippen LogP contribution in [0.15, 0.2) is 51.7 Å². The van der Waals surface area contributed by atoms with Gasteiger partial charge in [0.2, 0.25) is 0 Å². The first kappa shape index (κ1) is 18.3. The first-order valence-electron chi connectivity index (χ1n) is 9.54.